The van der Waals surface area contributed by atoms with Gasteiger partial charge in [-0.2, -0.15) is 0 Å². The molecule has 0 radical (unpaired) electrons. The Hall–Kier alpha value is -2.38. The van der Waals surface area contributed by atoms with Crippen molar-refractivity contribution < 1.29 is 12.8 Å². The van der Waals surface area contributed by atoms with E-state index in [1.807, 2.05) is 12.1 Å². The molecule has 0 aliphatic carbocycles. The van der Waals surface area contributed by atoms with Gasteiger partial charge in [0, 0.05) is 24.3 Å². The van der Waals surface area contributed by atoms with Gasteiger partial charge >= 0.3 is 0 Å². The molecule has 0 saturated carbocycles. The summed E-state index contributed by atoms with van der Waals surface area (Å²) < 4.78 is 38.1. The number of nitrogens with zero attached hydrogens (tertiary/aromatic N) is 3. The molecule has 0 amide bonds. The molecular weight excluding hydrogens is 389 g/mol. The smallest absolute Gasteiger partial charge is 0.225 e. The zero-order valence-electron chi connectivity index (χ0n) is 16.2. The molecule has 0 bridgehead atoms. The molecule has 1 saturated heterocycles. The number of likely N-dealkylation sites (tertiary alicyclic amines) is 1. The Labute approximate surface area is 170 Å². The highest BCUT2D eigenvalue weighted by Gasteiger charge is 2.24. The van der Waals surface area contributed by atoms with Crippen molar-refractivity contribution in [2.24, 2.45) is 0 Å². The molecule has 4 rings (SSSR count). The van der Waals surface area contributed by atoms with Crippen LogP contribution in [0.2, 0.25) is 0 Å². The molecule has 3 heterocycles. The van der Waals surface area contributed by atoms with Crippen molar-refractivity contribution in [2.45, 2.75) is 35.1 Å². The van der Waals surface area contributed by atoms with Crippen molar-refractivity contribution in [3.8, 4) is 0 Å². The van der Waals surface area contributed by atoms with Gasteiger partial charge in [-0.3, -0.25) is 9.37 Å². The maximum absolute atomic E-state index is 12.9. The summed E-state index contributed by atoms with van der Waals surface area (Å²) in [7, 11) is -3.70. The number of sulfone groups is 1. The summed E-state index contributed by atoms with van der Waals surface area (Å²) in [5.41, 5.74) is 2.02. The lowest BCUT2D eigenvalue weighted by molar-refractivity contribution is 0.204. The minimum atomic E-state index is -3.70. The zero-order valence-corrected chi connectivity index (χ0v) is 17.0. The van der Waals surface area contributed by atoms with E-state index in [1.54, 1.807) is 18.2 Å². The minimum absolute atomic E-state index is 0.0259. The van der Waals surface area contributed by atoms with Crippen LogP contribution in [0.5, 0.6) is 0 Å². The number of halogens is 1. The summed E-state index contributed by atoms with van der Waals surface area (Å²) in [6.07, 6.45) is 5.50. The van der Waals surface area contributed by atoms with Crippen LogP contribution in [0.1, 0.15) is 30.7 Å². The lowest BCUT2D eigenvalue weighted by atomic mass is 9.88. The van der Waals surface area contributed by atoms with E-state index in [0.717, 1.165) is 48.9 Å². The summed E-state index contributed by atoms with van der Waals surface area (Å²) in [6, 6.07) is 12.5. The third kappa shape index (κ3) is 4.16. The topological polar surface area (TPSA) is 63.2 Å². The molecule has 1 fully saturated rings. The lowest BCUT2D eigenvalue weighted by Gasteiger charge is -2.32. The van der Waals surface area contributed by atoms with E-state index >= 15 is 0 Å². The summed E-state index contributed by atoms with van der Waals surface area (Å²) in [5, 5.41) is 0.845. The quantitative estimate of drug-likeness (QED) is 0.611. The first kappa shape index (κ1) is 19.9. The number of hydrogen-bond acceptors (Lipinski definition) is 5. The first-order valence-corrected chi connectivity index (χ1v) is 11.4. The standard InChI is InChI=1S/C22H24FN3O2S/c23-10-4-12-26-13-8-17(9-14-26)20-6-3-5-18-15-19(16-25-22(18)20)29(27,28)21-7-1-2-11-24-21/h1-3,5-7,11,15-17H,4,8-10,12-14H2. The molecule has 7 heteroatoms. The van der Waals surface area contributed by atoms with Gasteiger partial charge in [0.2, 0.25) is 9.84 Å². The number of hydrogen-bond donors (Lipinski definition) is 0. The molecule has 1 aliphatic heterocycles. The van der Waals surface area contributed by atoms with Gasteiger partial charge in [-0.25, -0.2) is 13.4 Å². The lowest BCUT2D eigenvalue weighted by Crippen LogP contribution is -2.33. The van der Waals surface area contributed by atoms with Crippen LogP contribution in [0.3, 0.4) is 0 Å². The molecule has 1 aliphatic rings. The highest BCUT2D eigenvalue weighted by Crippen LogP contribution is 2.33. The zero-order chi connectivity index (χ0) is 20.3. The number of rotatable bonds is 6. The highest BCUT2D eigenvalue weighted by molar-refractivity contribution is 7.91. The Bertz CT molecular complexity index is 1080. The maximum Gasteiger partial charge on any atom is 0.225 e. The molecule has 2 aromatic heterocycles. The fourth-order valence-corrected chi connectivity index (χ4v) is 5.19. The van der Waals surface area contributed by atoms with E-state index in [1.165, 1.54) is 18.5 Å². The molecular formula is C22H24FN3O2S. The van der Waals surface area contributed by atoms with Crippen molar-refractivity contribution in [3.05, 3.63) is 60.4 Å². The fourth-order valence-electron chi connectivity index (χ4n) is 4.02. The number of alkyl halides is 1. The fraction of sp³-hybridized carbons (Fsp3) is 0.364. The number of piperidine rings is 1. The molecule has 0 spiro atoms. The van der Waals surface area contributed by atoms with Gasteiger partial charge in [0.25, 0.3) is 0 Å². The summed E-state index contributed by atoms with van der Waals surface area (Å²) >= 11 is 0. The Kier molecular flexibility index (Phi) is 5.87. The van der Waals surface area contributed by atoms with Gasteiger partial charge in [0.1, 0.15) is 0 Å². The number of para-hydroxylation sites is 1. The molecule has 0 N–H and O–H groups in total. The van der Waals surface area contributed by atoms with E-state index in [-0.39, 0.29) is 16.6 Å². The molecule has 5 nitrogen and oxygen atoms in total. The second-order valence-electron chi connectivity index (χ2n) is 7.42. The van der Waals surface area contributed by atoms with Crippen LogP contribution < -0.4 is 0 Å². The average Bonchev–Trinajstić information content (AvgIpc) is 2.78. The van der Waals surface area contributed by atoms with Crippen LogP contribution in [0, 0.1) is 0 Å². The monoisotopic (exact) mass is 413 g/mol. The van der Waals surface area contributed by atoms with Gasteiger partial charge in [-0.15, -0.1) is 0 Å². The average molecular weight is 414 g/mol. The third-order valence-electron chi connectivity index (χ3n) is 5.58. The van der Waals surface area contributed by atoms with Crippen molar-refractivity contribution in [2.75, 3.05) is 26.3 Å². The van der Waals surface area contributed by atoms with E-state index < -0.39 is 9.84 Å². The molecule has 0 atom stereocenters. The van der Waals surface area contributed by atoms with E-state index in [4.69, 9.17) is 0 Å². The van der Waals surface area contributed by atoms with Crippen LogP contribution in [-0.2, 0) is 9.84 Å². The molecule has 1 aromatic carbocycles. The summed E-state index contributed by atoms with van der Waals surface area (Å²) in [6.45, 7) is 2.45. The van der Waals surface area contributed by atoms with Crippen LogP contribution in [0.25, 0.3) is 10.9 Å². The normalized spacial score (nSPS) is 16.3. The van der Waals surface area contributed by atoms with E-state index in [9.17, 15) is 12.8 Å². The van der Waals surface area contributed by atoms with Gasteiger partial charge in [0.05, 0.1) is 17.1 Å². The van der Waals surface area contributed by atoms with Crippen molar-refractivity contribution in [1.29, 1.82) is 0 Å². The Morgan fingerprint density at radius 2 is 1.90 bits per heavy atom. The molecule has 152 valence electrons. The highest BCUT2D eigenvalue weighted by atomic mass is 32.2. The van der Waals surface area contributed by atoms with Crippen LogP contribution in [-0.4, -0.2) is 49.6 Å². The minimum Gasteiger partial charge on any atom is -0.303 e. The summed E-state index contributed by atoms with van der Waals surface area (Å²) in [4.78, 5) is 11.0. The van der Waals surface area contributed by atoms with E-state index in [0.29, 0.717) is 12.3 Å². The second-order valence-corrected chi connectivity index (χ2v) is 9.32. The van der Waals surface area contributed by atoms with Gasteiger partial charge in [0.15, 0.2) is 5.03 Å². The van der Waals surface area contributed by atoms with E-state index in [2.05, 4.69) is 20.9 Å². The number of fused-ring (bicyclic) bond motifs is 1. The predicted octanol–water partition coefficient (Wildman–Crippen LogP) is 4.00. The van der Waals surface area contributed by atoms with Crippen molar-refractivity contribution >= 4 is 20.7 Å². The Morgan fingerprint density at radius 1 is 1.07 bits per heavy atom. The van der Waals surface area contributed by atoms with Crippen molar-refractivity contribution in [1.82, 2.24) is 14.9 Å². The number of aromatic nitrogens is 2. The van der Waals surface area contributed by atoms with Crippen molar-refractivity contribution in [3.63, 3.8) is 0 Å². The third-order valence-corrected chi connectivity index (χ3v) is 7.21. The second kappa shape index (κ2) is 8.55. The molecule has 29 heavy (non-hydrogen) atoms. The molecule has 3 aromatic rings. The van der Waals surface area contributed by atoms with Crippen LogP contribution >= 0.6 is 0 Å². The summed E-state index contributed by atoms with van der Waals surface area (Å²) in [5.74, 6) is 0.381. The first-order chi connectivity index (χ1) is 14.1. The first-order valence-electron chi connectivity index (χ1n) is 9.93. The maximum atomic E-state index is 12.9. The largest absolute Gasteiger partial charge is 0.303 e. The Morgan fingerprint density at radius 3 is 2.62 bits per heavy atom. The van der Waals surface area contributed by atoms with Crippen LogP contribution in [0.15, 0.2) is 64.8 Å². The van der Waals surface area contributed by atoms with Gasteiger partial charge in [-0.1, -0.05) is 24.3 Å². The van der Waals surface area contributed by atoms with Gasteiger partial charge in [-0.05, 0) is 62.0 Å². The molecule has 0 unspecified atom stereocenters. The SMILES string of the molecule is O=S(=O)(c1cnc2c(C3CCN(CCCF)CC3)cccc2c1)c1ccccn1. The predicted molar refractivity (Wildman–Crippen MR) is 110 cm³/mol. The van der Waals surface area contributed by atoms with Crippen LogP contribution in [0.4, 0.5) is 4.39 Å². The number of pyridine rings is 2. The van der Waals surface area contributed by atoms with Gasteiger partial charge < -0.3 is 4.90 Å². The number of benzene rings is 1. The Balaban J connectivity index is 1.61.